The minimum Gasteiger partial charge on any atom is -0.264 e. The molecular weight excluding hydrogens is 160 g/mol. The van der Waals surface area contributed by atoms with Gasteiger partial charge >= 0.3 is 0 Å². The van der Waals surface area contributed by atoms with Crippen LogP contribution in [0.4, 0.5) is 0 Å². The van der Waals surface area contributed by atoms with Gasteiger partial charge in [-0.05, 0) is 19.1 Å². The van der Waals surface area contributed by atoms with E-state index in [2.05, 4.69) is 16.2 Å². The van der Waals surface area contributed by atoms with Gasteiger partial charge in [-0.3, -0.25) is 9.97 Å². The highest BCUT2D eigenvalue weighted by Crippen LogP contribution is 2.15. The first kappa shape index (κ1) is 7.92. The Balaban J connectivity index is 2.42. The maximum atomic E-state index is 4.10. The fraction of sp³-hybridized carbons (Fsp3) is 0.0909. The first-order valence-electron chi connectivity index (χ1n) is 4.12. The quantitative estimate of drug-likeness (QED) is 0.654. The van der Waals surface area contributed by atoms with Gasteiger partial charge in [-0.15, -0.1) is 0 Å². The van der Waals surface area contributed by atoms with Gasteiger partial charge in [-0.25, -0.2) is 0 Å². The molecule has 2 nitrogen and oxygen atoms in total. The summed E-state index contributed by atoms with van der Waals surface area (Å²) < 4.78 is 0. The molecule has 0 aliphatic heterocycles. The van der Waals surface area contributed by atoms with Crippen LogP contribution in [0, 0.1) is 13.1 Å². The standard InChI is InChI=1S/C11H9N2/c1-9-4-5-11(8-13-9)10-3-2-6-12-7-10/h2-7H,1H3. The molecule has 0 spiro atoms. The lowest BCUT2D eigenvalue weighted by atomic mass is 10.1. The molecule has 0 unspecified atom stereocenters. The second-order valence-electron chi connectivity index (χ2n) is 2.85. The van der Waals surface area contributed by atoms with Crippen LogP contribution >= 0.6 is 0 Å². The van der Waals surface area contributed by atoms with E-state index < -0.39 is 0 Å². The largest absolute Gasteiger partial charge is 0.264 e. The highest BCUT2D eigenvalue weighted by atomic mass is 14.7. The minimum atomic E-state index is 0.979. The van der Waals surface area contributed by atoms with Crippen molar-refractivity contribution in [2.75, 3.05) is 0 Å². The molecule has 2 heterocycles. The Bertz CT molecular complexity index is 379. The number of hydrogen-bond acceptors (Lipinski definition) is 2. The van der Waals surface area contributed by atoms with Crippen LogP contribution in [0.15, 0.2) is 36.7 Å². The summed E-state index contributed by atoms with van der Waals surface area (Å²) in [7, 11) is 0. The van der Waals surface area contributed by atoms with Gasteiger partial charge in [-0.1, -0.05) is 12.1 Å². The molecule has 2 aromatic rings. The lowest BCUT2D eigenvalue weighted by molar-refractivity contribution is 1.19. The molecule has 13 heavy (non-hydrogen) atoms. The van der Waals surface area contributed by atoms with Gasteiger partial charge in [0, 0.05) is 29.2 Å². The Labute approximate surface area is 77.3 Å². The van der Waals surface area contributed by atoms with E-state index in [4.69, 9.17) is 0 Å². The molecule has 0 aliphatic rings. The van der Waals surface area contributed by atoms with Crippen LogP contribution in [0.2, 0.25) is 0 Å². The van der Waals surface area contributed by atoms with Crippen LogP contribution in [0.5, 0.6) is 0 Å². The average molecular weight is 169 g/mol. The monoisotopic (exact) mass is 169 g/mol. The Morgan fingerprint density at radius 2 is 2.15 bits per heavy atom. The number of rotatable bonds is 1. The number of aromatic nitrogens is 2. The predicted molar refractivity (Wildman–Crippen MR) is 51.0 cm³/mol. The Morgan fingerprint density at radius 3 is 2.77 bits per heavy atom. The molecule has 0 atom stereocenters. The maximum absolute atomic E-state index is 4.10. The lowest BCUT2D eigenvalue weighted by Crippen LogP contribution is -1.83. The topological polar surface area (TPSA) is 25.8 Å². The SMILES string of the molecule is Cc1ccc(-c2cccnc2)[c]n1. The van der Waals surface area contributed by atoms with Crippen LogP contribution in [0.3, 0.4) is 0 Å². The highest BCUT2D eigenvalue weighted by molar-refractivity contribution is 5.60. The molecule has 0 aliphatic carbocycles. The number of nitrogens with zero attached hydrogens (tertiary/aromatic N) is 2. The second kappa shape index (κ2) is 3.35. The van der Waals surface area contributed by atoms with Crippen molar-refractivity contribution in [1.29, 1.82) is 0 Å². The Hall–Kier alpha value is -1.70. The normalized spacial score (nSPS) is 9.92. The summed E-state index contributed by atoms with van der Waals surface area (Å²) in [6.45, 7) is 1.95. The number of hydrogen-bond donors (Lipinski definition) is 0. The van der Waals surface area contributed by atoms with Gasteiger partial charge in [-0.2, -0.15) is 0 Å². The summed E-state index contributed by atoms with van der Waals surface area (Å²) in [5.74, 6) is 0. The van der Waals surface area contributed by atoms with Crippen molar-refractivity contribution >= 4 is 0 Å². The molecule has 63 valence electrons. The number of pyridine rings is 2. The summed E-state index contributed by atoms with van der Waals surface area (Å²) in [4.78, 5) is 8.14. The van der Waals surface area contributed by atoms with Crippen LogP contribution in [0.1, 0.15) is 5.69 Å². The van der Waals surface area contributed by atoms with Gasteiger partial charge in [0.2, 0.25) is 0 Å². The van der Waals surface area contributed by atoms with Crippen molar-refractivity contribution in [3.63, 3.8) is 0 Å². The minimum absolute atomic E-state index is 0.979. The van der Waals surface area contributed by atoms with E-state index in [0.717, 1.165) is 16.8 Å². The molecule has 0 N–H and O–H groups in total. The maximum Gasteiger partial charge on any atom is 0.0974 e. The lowest BCUT2D eigenvalue weighted by Gasteiger charge is -1.98. The summed E-state index contributed by atoms with van der Waals surface area (Å²) in [6.07, 6.45) is 6.53. The Kier molecular flexibility index (Phi) is 2.04. The third-order valence-corrected chi connectivity index (χ3v) is 1.82. The average Bonchev–Trinajstić information content (AvgIpc) is 2.20. The van der Waals surface area contributed by atoms with Crippen LogP contribution < -0.4 is 0 Å². The number of aryl methyl sites for hydroxylation is 1. The summed E-state index contributed by atoms with van der Waals surface area (Å²) in [5.41, 5.74) is 3.02. The van der Waals surface area contributed by atoms with Crippen molar-refractivity contribution < 1.29 is 0 Å². The summed E-state index contributed by atoms with van der Waals surface area (Å²) >= 11 is 0. The second-order valence-corrected chi connectivity index (χ2v) is 2.85. The van der Waals surface area contributed by atoms with Crippen LogP contribution in [-0.2, 0) is 0 Å². The van der Waals surface area contributed by atoms with Gasteiger partial charge in [0.05, 0.1) is 6.20 Å². The summed E-state index contributed by atoms with van der Waals surface area (Å²) in [6, 6.07) is 7.87. The third-order valence-electron chi connectivity index (χ3n) is 1.82. The van der Waals surface area contributed by atoms with Gasteiger partial charge in [0.1, 0.15) is 0 Å². The van der Waals surface area contributed by atoms with Crippen molar-refractivity contribution in [3.8, 4) is 11.1 Å². The molecule has 2 heteroatoms. The first-order valence-corrected chi connectivity index (χ1v) is 4.12. The predicted octanol–water partition coefficient (Wildman–Crippen LogP) is 2.25. The molecule has 0 amide bonds. The molecule has 0 saturated carbocycles. The molecule has 0 bridgehead atoms. The van der Waals surface area contributed by atoms with Crippen molar-refractivity contribution in [2.45, 2.75) is 6.92 Å². The molecule has 0 aromatic carbocycles. The van der Waals surface area contributed by atoms with Gasteiger partial charge in [0.25, 0.3) is 0 Å². The van der Waals surface area contributed by atoms with Gasteiger partial charge < -0.3 is 0 Å². The van der Waals surface area contributed by atoms with E-state index in [0.29, 0.717) is 0 Å². The molecule has 2 rings (SSSR count). The highest BCUT2D eigenvalue weighted by Gasteiger charge is 1.96. The van der Waals surface area contributed by atoms with E-state index in [1.165, 1.54) is 0 Å². The van der Waals surface area contributed by atoms with Crippen LogP contribution in [-0.4, -0.2) is 9.97 Å². The molecule has 0 fully saturated rings. The zero-order valence-electron chi connectivity index (χ0n) is 7.36. The van der Waals surface area contributed by atoms with E-state index >= 15 is 0 Å². The molecule has 1 radical (unpaired) electrons. The molecule has 2 aromatic heterocycles. The fourth-order valence-electron chi connectivity index (χ4n) is 1.11. The van der Waals surface area contributed by atoms with Crippen molar-refractivity contribution in [3.05, 3.63) is 48.5 Å². The summed E-state index contributed by atoms with van der Waals surface area (Å²) in [5, 5.41) is 0. The van der Waals surface area contributed by atoms with E-state index in [9.17, 15) is 0 Å². The van der Waals surface area contributed by atoms with Crippen molar-refractivity contribution in [2.24, 2.45) is 0 Å². The van der Waals surface area contributed by atoms with E-state index in [-0.39, 0.29) is 0 Å². The molecular formula is C11H9N2. The van der Waals surface area contributed by atoms with Crippen LogP contribution in [0.25, 0.3) is 11.1 Å². The smallest absolute Gasteiger partial charge is 0.0974 e. The van der Waals surface area contributed by atoms with Gasteiger partial charge in [0.15, 0.2) is 0 Å². The van der Waals surface area contributed by atoms with Crippen molar-refractivity contribution in [1.82, 2.24) is 9.97 Å². The fourth-order valence-corrected chi connectivity index (χ4v) is 1.11. The van der Waals surface area contributed by atoms with E-state index in [1.54, 1.807) is 6.20 Å². The zero-order chi connectivity index (χ0) is 9.10. The zero-order valence-corrected chi connectivity index (χ0v) is 7.36. The first-order chi connectivity index (χ1) is 6.36. The molecule has 0 saturated heterocycles. The Morgan fingerprint density at radius 1 is 1.23 bits per heavy atom. The van der Waals surface area contributed by atoms with E-state index in [1.807, 2.05) is 37.4 Å². The third kappa shape index (κ3) is 1.72.